The normalized spacial score (nSPS) is 11.4. The minimum atomic E-state index is -2.63. The molecule has 3 aromatic rings. The van der Waals surface area contributed by atoms with Crippen LogP contribution >= 0.6 is 0 Å². The third-order valence-corrected chi connectivity index (χ3v) is 2.66. The summed E-state index contributed by atoms with van der Waals surface area (Å²) in [5.74, 6) is 0.443. The van der Waals surface area contributed by atoms with Gasteiger partial charge in [-0.3, -0.25) is 4.40 Å². The van der Waals surface area contributed by atoms with Crippen LogP contribution in [0.3, 0.4) is 0 Å². The molecular formula is C12H9F2N5. The van der Waals surface area contributed by atoms with Crippen LogP contribution in [-0.4, -0.2) is 24.3 Å². The second kappa shape index (κ2) is 4.34. The third kappa shape index (κ3) is 2.03. The first-order valence-electron chi connectivity index (χ1n) is 5.56. The molecule has 0 amide bonds. The molecule has 0 aliphatic rings. The molecule has 0 N–H and O–H groups in total. The molecule has 3 rings (SSSR count). The maximum absolute atomic E-state index is 12.7. The molecular weight excluding hydrogens is 252 g/mol. The Hall–Kier alpha value is -2.44. The average Bonchev–Trinajstić information content (AvgIpc) is 2.81. The van der Waals surface area contributed by atoms with Gasteiger partial charge in [-0.15, -0.1) is 0 Å². The molecule has 19 heavy (non-hydrogen) atoms. The molecule has 0 aliphatic carbocycles. The SMILES string of the molecule is Cc1ccnc(-c2cnc3cnc(C(F)F)cn23)n1. The Kier molecular flexibility index (Phi) is 2.66. The first kappa shape index (κ1) is 11.6. The van der Waals surface area contributed by atoms with Crippen molar-refractivity contribution in [2.45, 2.75) is 13.3 Å². The van der Waals surface area contributed by atoms with Crippen LogP contribution in [0.5, 0.6) is 0 Å². The molecule has 0 bridgehead atoms. The van der Waals surface area contributed by atoms with Gasteiger partial charge in [-0.25, -0.2) is 28.7 Å². The van der Waals surface area contributed by atoms with Crippen molar-refractivity contribution in [3.8, 4) is 11.5 Å². The van der Waals surface area contributed by atoms with Gasteiger partial charge < -0.3 is 0 Å². The number of hydrogen-bond acceptors (Lipinski definition) is 4. The molecule has 96 valence electrons. The van der Waals surface area contributed by atoms with Crippen LogP contribution in [0, 0.1) is 6.92 Å². The van der Waals surface area contributed by atoms with Crippen LogP contribution in [0.1, 0.15) is 17.8 Å². The Bertz CT molecular complexity index is 738. The van der Waals surface area contributed by atoms with Gasteiger partial charge in [-0.05, 0) is 13.0 Å². The molecule has 0 aromatic carbocycles. The van der Waals surface area contributed by atoms with Crippen molar-refractivity contribution in [1.82, 2.24) is 24.3 Å². The standard InChI is InChI=1S/C12H9F2N5/c1-7-2-3-15-12(18-7)9-4-17-10-5-16-8(11(13)14)6-19(9)10/h2-6,11H,1H3. The Morgan fingerprint density at radius 3 is 2.74 bits per heavy atom. The topological polar surface area (TPSA) is 56.0 Å². The number of aryl methyl sites for hydroxylation is 1. The van der Waals surface area contributed by atoms with Crippen molar-refractivity contribution in [2.75, 3.05) is 0 Å². The van der Waals surface area contributed by atoms with E-state index in [1.54, 1.807) is 18.5 Å². The lowest BCUT2D eigenvalue weighted by molar-refractivity contribution is 0.145. The van der Waals surface area contributed by atoms with E-state index in [4.69, 9.17) is 0 Å². The number of nitrogens with zero attached hydrogens (tertiary/aromatic N) is 5. The summed E-state index contributed by atoms with van der Waals surface area (Å²) in [7, 11) is 0. The second-order valence-electron chi connectivity index (χ2n) is 4.01. The number of fused-ring (bicyclic) bond motifs is 1. The second-order valence-corrected chi connectivity index (χ2v) is 4.01. The van der Waals surface area contributed by atoms with Gasteiger partial charge in [0, 0.05) is 18.1 Å². The smallest absolute Gasteiger partial charge is 0.281 e. The number of halogens is 2. The quantitative estimate of drug-likeness (QED) is 0.711. The van der Waals surface area contributed by atoms with Crippen molar-refractivity contribution in [3.05, 3.63) is 42.2 Å². The van der Waals surface area contributed by atoms with Gasteiger partial charge in [0.15, 0.2) is 11.5 Å². The highest BCUT2D eigenvalue weighted by Gasteiger charge is 2.13. The number of alkyl halides is 2. The van der Waals surface area contributed by atoms with Crippen molar-refractivity contribution >= 4 is 5.65 Å². The molecule has 0 saturated carbocycles. The number of hydrogen-bond donors (Lipinski definition) is 0. The number of imidazole rings is 1. The van der Waals surface area contributed by atoms with E-state index in [0.29, 0.717) is 17.2 Å². The fraction of sp³-hybridized carbons (Fsp3) is 0.167. The van der Waals surface area contributed by atoms with Gasteiger partial charge >= 0.3 is 0 Å². The lowest BCUT2D eigenvalue weighted by Crippen LogP contribution is -1.98. The van der Waals surface area contributed by atoms with Crippen LogP contribution in [0.2, 0.25) is 0 Å². The average molecular weight is 261 g/mol. The van der Waals surface area contributed by atoms with E-state index in [0.717, 1.165) is 5.69 Å². The van der Waals surface area contributed by atoms with Crippen LogP contribution in [-0.2, 0) is 0 Å². The Morgan fingerprint density at radius 2 is 2.00 bits per heavy atom. The summed E-state index contributed by atoms with van der Waals surface area (Å²) in [6.07, 6.45) is 3.10. The molecule has 7 heteroatoms. The molecule has 5 nitrogen and oxygen atoms in total. The van der Waals surface area contributed by atoms with Gasteiger partial charge in [-0.1, -0.05) is 0 Å². The predicted octanol–water partition coefficient (Wildman–Crippen LogP) is 2.43. The van der Waals surface area contributed by atoms with E-state index in [-0.39, 0.29) is 5.69 Å². The monoisotopic (exact) mass is 261 g/mol. The van der Waals surface area contributed by atoms with E-state index < -0.39 is 6.43 Å². The Labute approximate surface area is 107 Å². The van der Waals surface area contributed by atoms with E-state index in [1.807, 2.05) is 6.92 Å². The summed E-state index contributed by atoms with van der Waals surface area (Å²) in [5, 5.41) is 0. The number of rotatable bonds is 2. The Morgan fingerprint density at radius 1 is 1.16 bits per heavy atom. The van der Waals surface area contributed by atoms with Crippen LogP contribution in [0.15, 0.2) is 30.9 Å². The highest BCUT2D eigenvalue weighted by Crippen LogP contribution is 2.20. The molecule has 0 saturated heterocycles. The van der Waals surface area contributed by atoms with Crippen molar-refractivity contribution in [2.24, 2.45) is 0 Å². The van der Waals surface area contributed by atoms with Gasteiger partial charge in [0.05, 0.1) is 12.4 Å². The highest BCUT2D eigenvalue weighted by atomic mass is 19.3. The lowest BCUT2D eigenvalue weighted by Gasteiger charge is -2.03. The zero-order valence-electron chi connectivity index (χ0n) is 9.96. The predicted molar refractivity (Wildman–Crippen MR) is 63.7 cm³/mol. The molecule has 0 unspecified atom stereocenters. The molecule has 3 heterocycles. The summed E-state index contributed by atoms with van der Waals surface area (Å²) in [6, 6.07) is 1.76. The summed E-state index contributed by atoms with van der Waals surface area (Å²) in [6.45, 7) is 1.83. The lowest BCUT2D eigenvalue weighted by atomic mass is 10.4. The molecule has 0 aliphatic heterocycles. The first-order valence-corrected chi connectivity index (χ1v) is 5.56. The summed E-state index contributed by atoms with van der Waals surface area (Å²) >= 11 is 0. The van der Waals surface area contributed by atoms with E-state index in [1.165, 1.54) is 16.8 Å². The highest BCUT2D eigenvalue weighted by molar-refractivity contribution is 5.56. The van der Waals surface area contributed by atoms with Crippen LogP contribution in [0.4, 0.5) is 8.78 Å². The van der Waals surface area contributed by atoms with Gasteiger partial charge in [0.1, 0.15) is 11.4 Å². The fourth-order valence-electron chi connectivity index (χ4n) is 1.75. The minimum absolute atomic E-state index is 0.306. The van der Waals surface area contributed by atoms with Crippen molar-refractivity contribution < 1.29 is 8.78 Å². The maximum Gasteiger partial charge on any atom is 0.281 e. The maximum atomic E-state index is 12.7. The van der Waals surface area contributed by atoms with Gasteiger partial charge in [-0.2, -0.15) is 0 Å². The van der Waals surface area contributed by atoms with Gasteiger partial charge in [0.2, 0.25) is 0 Å². The molecule has 0 fully saturated rings. The molecule has 3 aromatic heterocycles. The Balaban J connectivity index is 2.21. The molecule has 0 spiro atoms. The van der Waals surface area contributed by atoms with Crippen molar-refractivity contribution in [3.63, 3.8) is 0 Å². The summed E-state index contributed by atoms with van der Waals surface area (Å²) < 4.78 is 26.9. The van der Waals surface area contributed by atoms with E-state index >= 15 is 0 Å². The molecule has 0 radical (unpaired) electrons. The van der Waals surface area contributed by atoms with E-state index in [9.17, 15) is 8.78 Å². The van der Waals surface area contributed by atoms with Crippen LogP contribution < -0.4 is 0 Å². The van der Waals surface area contributed by atoms with Crippen LogP contribution in [0.25, 0.3) is 17.2 Å². The van der Waals surface area contributed by atoms with E-state index in [2.05, 4.69) is 19.9 Å². The molecule has 0 atom stereocenters. The zero-order chi connectivity index (χ0) is 13.4. The third-order valence-electron chi connectivity index (χ3n) is 2.66. The summed E-state index contributed by atoms with van der Waals surface area (Å²) in [4.78, 5) is 16.1. The minimum Gasteiger partial charge on any atom is -0.294 e. The number of aromatic nitrogens is 5. The summed E-state index contributed by atoms with van der Waals surface area (Å²) in [5.41, 5.74) is 1.52. The van der Waals surface area contributed by atoms with Gasteiger partial charge in [0.25, 0.3) is 6.43 Å². The first-order chi connectivity index (χ1) is 9.15. The fourth-order valence-corrected chi connectivity index (χ4v) is 1.75. The zero-order valence-corrected chi connectivity index (χ0v) is 9.96. The largest absolute Gasteiger partial charge is 0.294 e. The van der Waals surface area contributed by atoms with Crippen molar-refractivity contribution in [1.29, 1.82) is 0 Å².